The van der Waals surface area contributed by atoms with E-state index in [9.17, 15) is 5.11 Å². The molecule has 0 bridgehead atoms. The summed E-state index contributed by atoms with van der Waals surface area (Å²) in [5.74, 6) is 0. The second kappa shape index (κ2) is 8.52. The Morgan fingerprint density at radius 1 is 1.19 bits per heavy atom. The Kier molecular flexibility index (Phi) is 6.68. The van der Waals surface area contributed by atoms with Crippen molar-refractivity contribution in [1.29, 1.82) is 0 Å². The van der Waals surface area contributed by atoms with Gasteiger partial charge in [-0.1, -0.05) is 30.3 Å². The molecule has 1 aliphatic rings. The first-order valence-electron chi connectivity index (χ1n) is 8.34. The first kappa shape index (κ1) is 16.5. The summed E-state index contributed by atoms with van der Waals surface area (Å²) >= 11 is 0. The summed E-state index contributed by atoms with van der Waals surface area (Å²) in [7, 11) is 0. The molecule has 0 radical (unpaired) electrons. The summed E-state index contributed by atoms with van der Waals surface area (Å²) in [6.45, 7) is 7.58. The molecule has 3 heteroatoms. The highest BCUT2D eigenvalue weighted by molar-refractivity contribution is 5.14. The number of nitrogens with zero attached hydrogens (tertiary/aromatic N) is 1. The van der Waals surface area contributed by atoms with Crippen molar-refractivity contribution >= 4 is 0 Å². The molecule has 0 amide bonds. The van der Waals surface area contributed by atoms with Gasteiger partial charge in [-0.3, -0.25) is 0 Å². The average molecular weight is 290 g/mol. The number of aliphatic hydroxyl groups excluding tert-OH is 1. The van der Waals surface area contributed by atoms with Gasteiger partial charge in [0, 0.05) is 18.6 Å². The predicted molar refractivity (Wildman–Crippen MR) is 88.5 cm³/mol. The fraction of sp³-hybridized carbons (Fsp3) is 0.667. The summed E-state index contributed by atoms with van der Waals surface area (Å²) in [6.07, 6.45) is 4.22. The van der Waals surface area contributed by atoms with Crippen LogP contribution in [0.2, 0.25) is 0 Å². The van der Waals surface area contributed by atoms with Gasteiger partial charge in [0.05, 0.1) is 6.10 Å². The Morgan fingerprint density at radius 2 is 1.86 bits per heavy atom. The summed E-state index contributed by atoms with van der Waals surface area (Å²) < 4.78 is 0. The molecule has 1 heterocycles. The molecular weight excluding hydrogens is 260 g/mol. The first-order chi connectivity index (χ1) is 10.1. The quantitative estimate of drug-likeness (QED) is 0.809. The molecule has 1 fully saturated rings. The van der Waals surface area contributed by atoms with Crippen LogP contribution in [0.5, 0.6) is 0 Å². The van der Waals surface area contributed by atoms with Crippen LogP contribution in [0.25, 0.3) is 0 Å². The van der Waals surface area contributed by atoms with Crippen molar-refractivity contribution in [1.82, 2.24) is 10.2 Å². The zero-order chi connectivity index (χ0) is 15.1. The molecule has 0 aromatic heterocycles. The lowest BCUT2D eigenvalue weighted by molar-refractivity contribution is 0.155. The van der Waals surface area contributed by atoms with Crippen LogP contribution in [-0.4, -0.2) is 47.8 Å². The van der Waals surface area contributed by atoms with Crippen molar-refractivity contribution in [2.24, 2.45) is 0 Å². The number of nitrogens with one attached hydrogen (secondary N) is 1. The number of rotatable bonds is 7. The number of likely N-dealkylation sites (tertiary alicyclic amines) is 1. The molecule has 1 saturated heterocycles. The number of piperidine rings is 1. The summed E-state index contributed by atoms with van der Waals surface area (Å²) in [4.78, 5) is 2.57. The highest BCUT2D eigenvalue weighted by Crippen LogP contribution is 2.13. The molecule has 1 aromatic rings. The molecular formula is C18H30N2O. The van der Waals surface area contributed by atoms with Crippen molar-refractivity contribution < 1.29 is 5.11 Å². The van der Waals surface area contributed by atoms with E-state index in [1.807, 2.05) is 6.92 Å². The van der Waals surface area contributed by atoms with Gasteiger partial charge in [0.25, 0.3) is 0 Å². The predicted octanol–water partition coefficient (Wildman–Crippen LogP) is 2.44. The maximum Gasteiger partial charge on any atom is 0.0526 e. The SMILES string of the molecule is CC(O)CC(C)NC1CCN(CCc2ccccc2)CC1. The van der Waals surface area contributed by atoms with E-state index in [1.54, 1.807) is 0 Å². The van der Waals surface area contributed by atoms with Gasteiger partial charge < -0.3 is 15.3 Å². The van der Waals surface area contributed by atoms with Crippen molar-refractivity contribution in [2.75, 3.05) is 19.6 Å². The van der Waals surface area contributed by atoms with E-state index in [0.717, 1.165) is 12.8 Å². The van der Waals surface area contributed by atoms with Crippen LogP contribution < -0.4 is 5.32 Å². The minimum atomic E-state index is -0.210. The molecule has 1 aromatic carbocycles. The minimum absolute atomic E-state index is 0.210. The number of benzene rings is 1. The fourth-order valence-electron chi connectivity index (χ4n) is 3.24. The first-order valence-corrected chi connectivity index (χ1v) is 8.34. The van der Waals surface area contributed by atoms with E-state index in [1.165, 1.54) is 38.0 Å². The van der Waals surface area contributed by atoms with Crippen molar-refractivity contribution in [2.45, 2.75) is 57.7 Å². The Labute approximate surface area is 129 Å². The van der Waals surface area contributed by atoms with E-state index >= 15 is 0 Å². The topological polar surface area (TPSA) is 35.5 Å². The Morgan fingerprint density at radius 3 is 2.48 bits per heavy atom. The van der Waals surface area contributed by atoms with Crippen LogP contribution >= 0.6 is 0 Å². The largest absolute Gasteiger partial charge is 0.393 e. The lowest BCUT2D eigenvalue weighted by Crippen LogP contribution is -2.46. The van der Waals surface area contributed by atoms with E-state index in [-0.39, 0.29) is 6.10 Å². The van der Waals surface area contributed by atoms with E-state index in [4.69, 9.17) is 0 Å². The Bertz CT molecular complexity index is 385. The zero-order valence-corrected chi connectivity index (χ0v) is 13.5. The third-order valence-corrected chi connectivity index (χ3v) is 4.36. The number of aliphatic hydroxyl groups is 1. The molecule has 0 spiro atoms. The van der Waals surface area contributed by atoms with Gasteiger partial charge in [-0.15, -0.1) is 0 Å². The summed E-state index contributed by atoms with van der Waals surface area (Å²) in [5, 5.41) is 13.1. The zero-order valence-electron chi connectivity index (χ0n) is 13.5. The van der Waals surface area contributed by atoms with Gasteiger partial charge in [-0.2, -0.15) is 0 Å². The normalized spacial score (nSPS) is 20.3. The molecule has 21 heavy (non-hydrogen) atoms. The van der Waals surface area contributed by atoms with Crippen molar-refractivity contribution in [3.05, 3.63) is 35.9 Å². The maximum atomic E-state index is 9.42. The molecule has 3 nitrogen and oxygen atoms in total. The van der Waals surface area contributed by atoms with Crippen LogP contribution in [0.1, 0.15) is 38.7 Å². The second-order valence-corrected chi connectivity index (χ2v) is 6.50. The molecule has 118 valence electrons. The fourth-order valence-corrected chi connectivity index (χ4v) is 3.24. The summed E-state index contributed by atoms with van der Waals surface area (Å²) in [5.41, 5.74) is 1.43. The second-order valence-electron chi connectivity index (χ2n) is 6.50. The molecule has 2 rings (SSSR count). The van der Waals surface area contributed by atoms with Crippen LogP contribution in [0, 0.1) is 0 Å². The maximum absolute atomic E-state index is 9.42. The van der Waals surface area contributed by atoms with Crippen LogP contribution in [0.3, 0.4) is 0 Å². The lowest BCUT2D eigenvalue weighted by Gasteiger charge is -2.34. The van der Waals surface area contributed by atoms with Gasteiger partial charge in [-0.25, -0.2) is 0 Å². The molecule has 2 N–H and O–H groups in total. The van der Waals surface area contributed by atoms with Crippen molar-refractivity contribution in [3.8, 4) is 0 Å². The monoisotopic (exact) mass is 290 g/mol. The highest BCUT2D eigenvalue weighted by Gasteiger charge is 2.20. The standard InChI is InChI=1S/C18H30N2O/c1-15(14-16(2)21)19-18-9-12-20(13-10-18)11-8-17-6-4-3-5-7-17/h3-7,15-16,18-19,21H,8-14H2,1-2H3. The van der Waals surface area contributed by atoms with Crippen LogP contribution in [0.4, 0.5) is 0 Å². The summed E-state index contributed by atoms with van der Waals surface area (Å²) in [6, 6.07) is 11.8. The molecule has 2 unspecified atom stereocenters. The van der Waals surface area contributed by atoms with Gasteiger partial charge in [0.15, 0.2) is 0 Å². The van der Waals surface area contributed by atoms with Gasteiger partial charge in [-0.05, 0) is 58.2 Å². The minimum Gasteiger partial charge on any atom is -0.393 e. The van der Waals surface area contributed by atoms with E-state index in [2.05, 4.69) is 47.5 Å². The molecule has 2 atom stereocenters. The number of hydrogen-bond donors (Lipinski definition) is 2. The van der Waals surface area contributed by atoms with Crippen molar-refractivity contribution in [3.63, 3.8) is 0 Å². The third kappa shape index (κ3) is 6.16. The van der Waals surface area contributed by atoms with Gasteiger partial charge in [0.1, 0.15) is 0 Å². The molecule has 1 aliphatic heterocycles. The Hall–Kier alpha value is -0.900. The van der Waals surface area contributed by atoms with Crippen LogP contribution in [-0.2, 0) is 6.42 Å². The average Bonchev–Trinajstić information content (AvgIpc) is 2.47. The van der Waals surface area contributed by atoms with E-state index < -0.39 is 0 Å². The smallest absolute Gasteiger partial charge is 0.0526 e. The lowest BCUT2D eigenvalue weighted by atomic mass is 10.0. The number of hydrogen-bond acceptors (Lipinski definition) is 3. The Balaban J connectivity index is 1.64. The highest BCUT2D eigenvalue weighted by atomic mass is 16.3. The molecule has 0 aliphatic carbocycles. The molecule has 0 saturated carbocycles. The third-order valence-electron chi connectivity index (χ3n) is 4.36. The van der Waals surface area contributed by atoms with E-state index in [0.29, 0.717) is 12.1 Å². The van der Waals surface area contributed by atoms with Crippen LogP contribution in [0.15, 0.2) is 30.3 Å². The van der Waals surface area contributed by atoms with Gasteiger partial charge >= 0.3 is 0 Å². The van der Waals surface area contributed by atoms with Gasteiger partial charge in [0.2, 0.25) is 0 Å².